The summed E-state index contributed by atoms with van der Waals surface area (Å²) in [6, 6.07) is 15.2. The number of fused-ring (bicyclic) bond motifs is 1. The van der Waals surface area contributed by atoms with Crippen LogP contribution in [0.4, 0.5) is 0 Å². The second-order valence-electron chi connectivity index (χ2n) is 6.15. The number of rotatable bonds is 6. The number of halogens is 1. The van der Waals surface area contributed by atoms with E-state index in [2.05, 4.69) is 0 Å². The minimum atomic E-state index is -0.425. The van der Waals surface area contributed by atoms with Crippen molar-refractivity contribution in [2.24, 2.45) is 12.8 Å². The summed E-state index contributed by atoms with van der Waals surface area (Å²) in [5, 5.41) is 1.30. The first-order valence-electron chi connectivity index (χ1n) is 8.29. The average Bonchev–Trinajstić information content (AvgIpc) is 3.00. The summed E-state index contributed by atoms with van der Waals surface area (Å²) < 4.78 is 12.5. The van der Waals surface area contributed by atoms with Crippen molar-refractivity contribution in [1.29, 1.82) is 0 Å². The van der Waals surface area contributed by atoms with Crippen molar-refractivity contribution < 1.29 is 14.3 Å². The SMILES string of the molecule is COC(=O)c1cc2c(OC[C@@H](N)Cc3ccccc3)ccc(Cl)c2n1C. The molecule has 0 aliphatic carbocycles. The van der Waals surface area contributed by atoms with E-state index in [0.29, 0.717) is 23.1 Å². The molecule has 3 rings (SSSR count). The van der Waals surface area contributed by atoms with Gasteiger partial charge < -0.3 is 19.8 Å². The molecule has 26 heavy (non-hydrogen) atoms. The molecule has 2 aromatic carbocycles. The standard InChI is InChI=1S/C20H21ClN2O3/c1-23-17(20(24)25-2)11-15-18(9-8-16(21)19(15)23)26-12-14(22)10-13-6-4-3-5-7-13/h3-9,11,14H,10,12,22H2,1-2H3/t14-/m0/s1. The maximum absolute atomic E-state index is 11.9. The van der Waals surface area contributed by atoms with Gasteiger partial charge in [0.15, 0.2) is 0 Å². The van der Waals surface area contributed by atoms with Crippen molar-refractivity contribution in [2.45, 2.75) is 12.5 Å². The number of methoxy groups -OCH3 is 1. The van der Waals surface area contributed by atoms with Gasteiger partial charge >= 0.3 is 5.97 Å². The first-order chi connectivity index (χ1) is 12.5. The number of carbonyl (C=O) groups is 1. The second-order valence-corrected chi connectivity index (χ2v) is 6.56. The van der Waals surface area contributed by atoms with Crippen molar-refractivity contribution in [3.63, 3.8) is 0 Å². The van der Waals surface area contributed by atoms with E-state index in [-0.39, 0.29) is 6.04 Å². The zero-order chi connectivity index (χ0) is 18.7. The van der Waals surface area contributed by atoms with Crippen molar-refractivity contribution in [3.8, 4) is 5.75 Å². The molecule has 136 valence electrons. The van der Waals surface area contributed by atoms with E-state index < -0.39 is 5.97 Å². The molecule has 2 N–H and O–H groups in total. The second kappa shape index (κ2) is 7.81. The molecule has 0 spiro atoms. The van der Waals surface area contributed by atoms with Gasteiger partial charge in [0.1, 0.15) is 18.1 Å². The smallest absolute Gasteiger partial charge is 0.354 e. The number of benzene rings is 2. The summed E-state index contributed by atoms with van der Waals surface area (Å²) in [7, 11) is 3.12. The lowest BCUT2D eigenvalue weighted by Crippen LogP contribution is -2.30. The third-order valence-electron chi connectivity index (χ3n) is 4.29. The minimum absolute atomic E-state index is 0.146. The van der Waals surface area contributed by atoms with Gasteiger partial charge in [0.25, 0.3) is 0 Å². The first kappa shape index (κ1) is 18.3. The quantitative estimate of drug-likeness (QED) is 0.672. The molecule has 0 bridgehead atoms. The zero-order valence-electron chi connectivity index (χ0n) is 14.7. The van der Waals surface area contributed by atoms with Gasteiger partial charge in [-0.05, 0) is 30.2 Å². The van der Waals surface area contributed by atoms with Crippen molar-refractivity contribution in [3.05, 3.63) is 64.8 Å². The third kappa shape index (κ3) is 3.69. The number of aryl methyl sites for hydroxylation is 1. The highest BCUT2D eigenvalue weighted by molar-refractivity contribution is 6.35. The van der Waals surface area contributed by atoms with E-state index in [0.717, 1.165) is 22.9 Å². The lowest BCUT2D eigenvalue weighted by atomic mass is 10.1. The highest BCUT2D eigenvalue weighted by atomic mass is 35.5. The number of esters is 1. The lowest BCUT2D eigenvalue weighted by molar-refractivity contribution is 0.0590. The van der Waals surface area contributed by atoms with Crippen molar-refractivity contribution >= 4 is 28.5 Å². The fourth-order valence-electron chi connectivity index (χ4n) is 3.00. The van der Waals surface area contributed by atoms with E-state index in [4.69, 9.17) is 26.8 Å². The van der Waals surface area contributed by atoms with Crippen LogP contribution in [0.1, 0.15) is 16.1 Å². The van der Waals surface area contributed by atoms with Crippen LogP contribution < -0.4 is 10.5 Å². The van der Waals surface area contributed by atoms with E-state index in [1.54, 1.807) is 29.8 Å². The van der Waals surface area contributed by atoms with Crippen LogP contribution in [0.15, 0.2) is 48.5 Å². The monoisotopic (exact) mass is 372 g/mol. The lowest BCUT2D eigenvalue weighted by Gasteiger charge is -2.14. The Kier molecular flexibility index (Phi) is 5.49. The number of ether oxygens (including phenoxy) is 2. The molecule has 0 aliphatic heterocycles. The van der Waals surface area contributed by atoms with Gasteiger partial charge in [0.2, 0.25) is 0 Å². The topological polar surface area (TPSA) is 66.5 Å². The molecule has 5 nitrogen and oxygen atoms in total. The van der Waals surface area contributed by atoms with Crippen LogP contribution in [0.2, 0.25) is 5.02 Å². The van der Waals surface area contributed by atoms with E-state index in [1.165, 1.54) is 7.11 Å². The highest BCUT2D eigenvalue weighted by Crippen LogP contribution is 2.34. The van der Waals surface area contributed by atoms with E-state index in [9.17, 15) is 4.79 Å². The van der Waals surface area contributed by atoms with Gasteiger partial charge in [-0.3, -0.25) is 0 Å². The normalized spacial score (nSPS) is 12.2. The van der Waals surface area contributed by atoms with Gasteiger partial charge in [-0.15, -0.1) is 0 Å². The van der Waals surface area contributed by atoms with Gasteiger partial charge in [-0.25, -0.2) is 4.79 Å². The maximum atomic E-state index is 11.9. The summed E-state index contributed by atoms with van der Waals surface area (Å²) in [4.78, 5) is 11.9. The van der Waals surface area contributed by atoms with Gasteiger partial charge in [0.05, 0.1) is 17.6 Å². The molecule has 1 atom stereocenters. The molecule has 0 fully saturated rings. The Morgan fingerprint density at radius 3 is 2.65 bits per heavy atom. The molecule has 0 saturated carbocycles. The Morgan fingerprint density at radius 2 is 1.96 bits per heavy atom. The Balaban J connectivity index is 1.82. The number of aromatic nitrogens is 1. The predicted octanol–water partition coefficient (Wildman–Crippen LogP) is 3.57. The molecule has 0 aliphatic rings. The number of nitrogens with zero attached hydrogens (tertiary/aromatic N) is 1. The molecule has 0 saturated heterocycles. The van der Waals surface area contributed by atoms with E-state index in [1.807, 2.05) is 30.3 Å². The zero-order valence-corrected chi connectivity index (χ0v) is 15.5. The Bertz CT molecular complexity index is 922. The molecule has 6 heteroatoms. The van der Waals surface area contributed by atoms with Crippen LogP contribution in [0.25, 0.3) is 10.9 Å². The van der Waals surface area contributed by atoms with Gasteiger partial charge in [-0.1, -0.05) is 41.9 Å². The number of hydrogen-bond donors (Lipinski definition) is 1. The first-order valence-corrected chi connectivity index (χ1v) is 8.67. The van der Waals surface area contributed by atoms with Gasteiger partial charge in [-0.2, -0.15) is 0 Å². The van der Waals surface area contributed by atoms with Crippen LogP contribution in [0, 0.1) is 0 Å². The molecule has 1 heterocycles. The number of nitrogens with two attached hydrogens (primary N) is 1. The fraction of sp³-hybridized carbons (Fsp3) is 0.250. The van der Waals surface area contributed by atoms with Crippen molar-refractivity contribution in [1.82, 2.24) is 4.57 Å². The predicted molar refractivity (Wildman–Crippen MR) is 103 cm³/mol. The van der Waals surface area contributed by atoms with E-state index >= 15 is 0 Å². The van der Waals surface area contributed by atoms with Crippen LogP contribution in [0.3, 0.4) is 0 Å². The summed E-state index contributed by atoms with van der Waals surface area (Å²) in [5.74, 6) is 0.213. The fourth-order valence-corrected chi connectivity index (χ4v) is 3.29. The molecule has 0 radical (unpaired) electrons. The largest absolute Gasteiger partial charge is 0.491 e. The summed E-state index contributed by atoms with van der Waals surface area (Å²) in [6.07, 6.45) is 0.722. The molecule has 0 unspecified atom stereocenters. The number of carbonyl (C=O) groups excluding carboxylic acids is 1. The minimum Gasteiger partial charge on any atom is -0.491 e. The molecular weight excluding hydrogens is 352 g/mol. The third-order valence-corrected chi connectivity index (χ3v) is 4.60. The summed E-state index contributed by atoms with van der Waals surface area (Å²) in [5.41, 5.74) is 8.50. The molecule has 1 aromatic heterocycles. The van der Waals surface area contributed by atoms with Crippen LogP contribution in [-0.2, 0) is 18.2 Å². The maximum Gasteiger partial charge on any atom is 0.354 e. The van der Waals surface area contributed by atoms with Crippen molar-refractivity contribution in [2.75, 3.05) is 13.7 Å². The molecule has 3 aromatic rings. The summed E-state index contributed by atoms with van der Waals surface area (Å²) in [6.45, 7) is 0.355. The molecular formula is C20H21ClN2O3. The Hall–Kier alpha value is -2.50. The number of hydrogen-bond acceptors (Lipinski definition) is 4. The molecule has 0 amide bonds. The van der Waals surface area contributed by atoms with Crippen LogP contribution in [0.5, 0.6) is 5.75 Å². The van der Waals surface area contributed by atoms with Gasteiger partial charge in [0, 0.05) is 18.5 Å². The van der Waals surface area contributed by atoms with Crippen LogP contribution >= 0.6 is 11.6 Å². The average molecular weight is 373 g/mol. The Morgan fingerprint density at radius 1 is 1.23 bits per heavy atom. The highest BCUT2D eigenvalue weighted by Gasteiger charge is 2.19. The Labute approximate surface area is 157 Å². The van der Waals surface area contributed by atoms with Crippen LogP contribution in [-0.4, -0.2) is 30.3 Å². The summed E-state index contributed by atoms with van der Waals surface area (Å²) >= 11 is 6.31.